The van der Waals surface area contributed by atoms with E-state index in [1.165, 1.54) is 25.8 Å². The second kappa shape index (κ2) is 8.35. The smallest absolute Gasteiger partial charge is 0.119 e. The van der Waals surface area contributed by atoms with E-state index in [-0.39, 0.29) is 0 Å². The summed E-state index contributed by atoms with van der Waals surface area (Å²) >= 11 is 4.98. The van der Waals surface area contributed by atoms with Crippen LogP contribution in [0.3, 0.4) is 0 Å². The lowest BCUT2D eigenvalue weighted by molar-refractivity contribution is 0.172. The molecule has 0 radical (unpaired) electrons. The maximum absolute atomic E-state index is 5.80. The lowest BCUT2D eigenvalue weighted by Gasteiger charge is -2.31. The van der Waals surface area contributed by atoms with E-state index < -0.39 is 0 Å². The number of hydrogen-bond donors (Lipinski definition) is 1. The summed E-state index contributed by atoms with van der Waals surface area (Å²) in [5.41, 5.74) is 6.49. The summed E-state index contributed by atoms with van der Waals surface area (Å²) in [7, 11) is 0. The van der Waals surface area contributed by atoms with E-state index in [1.54, 1.807) is 0 Å². The number of hydrogen-bond acceptors (Lipinski definition) is 3. The largest absolute Gasteiger partial charge is 0.494 e. The Bertz CT molecular complexity index is 460. The monoisotopic (exact) mass is 306 g/mol. The molecule has 0 bridgehead atoms. The molecule has 0 heterocycles. The lowest BCUT2D eigenvalue weighted by Crippen LogP contribution is -2.33. The number of benzene rings is 1. The van der Waals surface area contributed by atoms with Crippen LogP contribution in [0.2, 0.25) is 0 Å². The Labute approximate surface area is 133 Å². The second-order valence-electron chi connectivity index (χ2n) is 5.78. The van der Waals surface area contributed by atoms with Crippen molar-refractivity contribution in [3.8, 4) is 5.75 Å². The molecule has 0 spiro atoms. The highest BCUT2D eigenvalue weighted by Gasteiger charge is 2.19. The van der Waals surface area contributed by atoms with Crippen LogP contribution >= 0.6 is 12.2 Å². The molecule has 1 aliphatic carbocycles. The molecule has 1 aliphatic rings. The maximum atomic E-state index is 5.80. The summed E-state index contributed by atoms with van der Waals surface area (Å²) in [5, 5.41) is 0. The zero-order valence-electron chi connectivity index (χ0n) is 12.9. The molecular formula is C17H26N2OS. The van der Waals surface area contributed by atoms with Gasteiger partial charge in [-0.05, 0) is 43.9 Å². The van der Waals surface area contributed by atoms with Crippen molar-refractivity contribution in [1.29, 1.82) is 0 Å². The van der Waals surface area contributed by atoms with Crippen molar-refractivity contribution in [2.24, 2.45) is 11.7 Å². The zero-order valence-corrected chi connectivity index (χ0v) is 13.7. The molecule has 0 aromatic heterocycles. The first-order valence-electron chi connectivity index (χ1n) is 7.94. The molecule has 1 aromatic rings. The van der Waals surface area contributed by atoms with Gasteiger partial charge in [0.25, 0.3) is 0 Å². The van der Waals surface area contributed by atoms with Crippen LogP contribution in [-0.4, -0.2) is 36.1 Å². The normalized spacial score (nSPS) is 15.0. The molecule has 1 saturated carbocycles. The van der Waals surface area contributed by atoms with Crippen molar-refractivity contribution in [3.63, 3.8) is 0 Å². The molecule has 116 valence electrons. The van der Waals surface area contributed by atoms with E-state index in [0.29, 0.717) is 4.99 Å². The molecule has 0 amide bonds. The molecule has 0 saturated heterocycles. The van der Waals surface area contributed by atoms with Crippen molar-refractivity contribution in [3.05, 3.63) is 29.8 Å². The van der Waals surface area contributed by atoms with E-state index in [4.69, 9.17) is 22.7 Å². The Kier molecular flexibility index (Phi) is 6.46. The average molecular weight is 306 g/mol. The van der Waals surface area contributed by atoms with Gasteiger partial charge in [0, 0.05) is 18.7 Å². The third kappa shape index (κ3) is 5.29. The number of rotatable bonds is 9. The summed E-state index contributed by atoms with van der Waals surface area (Å²) < 4.78 is 5.80. The van der Waals surface area contributed by atoms with E-state index in [9.17, 15) is 0 Å². The SMILES string of the molecule is CCN(CCCOc1cccc(C(N)=S)c1)CC1CCC1. The maximum Gasteiger partial charge on any atom is 0.119 e. The van der Waals surface area contributed by atoms with Gasteiger partial charge in [0.2, 0.25) is 0 Å². The highest BCUT2D eigenvalue weighted by Crippen LogP contribution is 2.27. The van der Waals surface area contributed by atoms with Gasteiger partial charge in [-0.15, -0.1) is 0 Å². The summed E-state index contributed by atoms with van der Waals surface area (Å²) in [6, 6.07) is 7.70. The topological polar surface area (TPSA) is 38.5 Å². The second-order valence-corrected chi connectivity index (χ2v) is 6.22. The van der Waals surface area contributed by atoms with E-state index in [0.717, 1.165) is 43.3 Å². The molecule has 1 fully saturated rings. The number of ether oxygens (including phenoxy) is 1. The first-order chi connectivity index (χ1) is 10.2. The number of nitrogens with zero attached hydrogens (tertiary/aromatic N) is 1. The van der Waals surface area contributed by atoms with Crippen LogP contribution in [0, 0.1) is 5.92 Å². The first-order valence-corrected chi connectivity index (χ1v) is 8.35. The molecule has 0 aliphatic heterocycles. The minimum absolute atomic E-state index is 0.415. The van der Waals surface area contributed by atoms with Crippen molar-refractivity contribution in [2.75, 3.05) is 26.2 Å². The van der Waals surface area contributed by atoms with Gasteiger partial charge >= 0.3 is 0 Å². The molecule has 4 heteroatoms. The Morgan fingerprint density at radius 3 is 2.86 bits per heavy atom. The van der Waals surface area contributed by atoms with E-state index in [1.807, 2.05) is 24.3 Å². The highest BCUT2D eigenvalue weighted by molar-refractivity contribution is 7.80. The summed E-state index contributed by atoms with van der Waals surface area (Å²) in [6.45, 7) is 6.48. The standard InChI is InChI=1S/C17H26N2OS/c1-2-19(13-14-6-3-7-14)10-5-11-20-16-9-4-8-15(12-16)17(18)21/h4,8-9,12,14H,2-3,5-7,10-11,13H2,1H3,(H2,18,21). The quantitative estimate of drug-likeness (QED) is 0.561. The first kappa shape index (κ1) is 16.2. The zero-order chi connectivity index (χ0) is 15.1. The predicted molar refractivity (Wildman–Crippen MR) is 91.9 cm³/mol. The van der Waals surface area contributed by atoms with Crippen LogP contribution in [0.4, 0.5) is 0 Å². The van der Waals surface area contributed by atoms with Gasteiger partial charge in [-0.25, -0.2) is 0 Å². The molecule has 21 heavy (non-hydrogen) atoms. The van der Waals surface area contributed by atoms with Gasteiger partial charge < -0.3 is 15.4 Å². The predicted octanol–water partition coefficient (Wildman–Crippen LogP) is 3.21. The van der Waals surface area contributed by atoms with Crippen molar-refractivity contribution >= 4 is 17.2 Å². The third-order valence-electron chi connectivity index (χ3n) is 4.19. The molecule has 1 aromatic carbocycles. The molecular weight excluding hydrogens is 280 g/mol. The minimum atomic E-state index is 0.415. The minimum Gasteiger partial charge on any atom is -0.494 e. The Balaban J connectivity index is 1.68. The Morgan fingerprint density at radius 1 is 1.43 bits per heavy atom. The number of thiocarbonyl (C=S) groups is 1. The summed E-state index contributed by atoms with van der Waals surface area (Å²) in [4.78, 5) is 2.96. The lowest BCUT2D eigenvalue weighted by atomic mass is 9.85. The molecule has 2 N–H and O–H groups in total. The molecule has 2 rings (SSSR count). The highest BCUT2D eigenvalue weighted by atomic mass is 32.1. The Morgan fingerprint density at radius 2 is 2.24 bits per heavy atom. The fraction of sp³-hybridized carbons (Fsp3) is 0.588. The molecule has 0 atom stereocenters. The van der Waals surface area contributed by atoms with Crippen LogP contribution in [0.25, 0.3) is 0 Å². The van der Waals surface area contributed by atoms with Crippen LogP contribution in [0.5, 0.6) is 5.75 Å². The van der Waals surface area contributed by atoms with Crippen LogP contribution in [0.1, 0.15) is 38.2 Å². The van der Waals surface area contributed by atoms with Crippen LogP contribution < -0.4 is 10.5 Å². The third-order valence-corrected chi connectivity index (χ3v) is 4.43. The fourth-order valence-corrected chi connectivity index (χ4v) is 2.76. The van der Waals surface area contributed by atoms with Crippen molar-refractivity contribution in [2.45, 2.75) is 32.6 Å². The summed E-state index contributed by atoms with van der Waals surface area (Å²) in [5.74, 6) is 1.79. The van der Waals surface area contributed by atoms with Gasteiger partial charge in [0.1, 0.15) is 10.7 Å². The summed E-state index contributed by atoms with van der Waals surface area (Å²) in [6.07, 6.45) is 5.31. The van der Waals surface area contributed by atoms with Gasteiger partial charge in [-0.2, -0.15) is 0 Å². The van der Waals surface area contributed by atoms with Gasteiger partial charge in [-0.3, -0.25) is 0 Å². The number of nitrogens with two attached hydrogens (primary N) is 1. The van der Waals surface area contributed by atoms with Gasteiger partial charge in [0.05, 0.1) is 6.61 Å². The average Bonchev–Trinajstić information content (AvgIpc) is 2.45. The van der Waals surface area contributed by atoms with Crippen molar-refractivity contribution < 1.29 is 4.74 Å². The van der Waals surface area contributed by atoms with E-state index in [2.05, 4.69) is 11.8 Å². The van der Waals surface area contributed by atoms with Crippen molar-refractivity contribution in [1.82, 2.24) is 4.90 Å². The van der Waals surface area contributed by atoms with Gasteiger partial charge in [-0.1, -0.05) is 37.7 Å². The van der Waals surface area contributed by atoms with Crippen LogP contribution in [-0.2, 0) is 0 Å². The Hall–Kier alpha value is -1.13. The van der Waals surface area contributed by atoms with Crippen LogP contribution in [0.15, 0.2) is 24.3 Å². The van der Waals surface area contributed by atoms with Gasteiger partial charge in [0.15, 0.2) is 0 Å². The molecule has 3 nitrogen and oxygen atoms in total. The fourth-order valence-electron chi connectivity index (χ4n) is 2.64. The molecule has 0 unspecified atom stereocenters. The van der Waals surface area contributed by atoms with E-state index >= 15 is 0 Å².